The van der Waals surface area contributed by atoms with E-state index in [2.05, 4.69) is 10.1 Å². The topological polar surface area (TPSA) is 21.3 Å². The van der Waals surface area contributed by atoms with Crippen LogP contribution in [0.15, 0.2) is 24.3 Å². The summed E-state index contributed by atoms with van der Waals surface area (Å²) in [6.45, 7) is -0.594. The standard InChI is InChI=1S/C14H17F4NO/c15-13(16)14(17,18)9-20-8-11-3-1-10(2-4-11)7-19-12-5-6-12/h1-4,12-13,19H,5-9H2. The van der Waals surface area contributed by atoms with E-state index in [0.29, 0.717) is 11.6 Å². The minimum absolute atomic E-state index is 0.0986. The number of ether oxygens (including phenoxy) is 1. The molecule has 112 valence electrons. The first kappa shape index (κ1) is 15.3. The highest BCUT2D eigenvalue weighted by Gasteiger charge is 2.40. The van der Waals surface area contributed by atoms with Crippen molar-refractivity contribution in [3.05, 3.63) is 35.4 Å². The second-order valence-corrected chi connectivity index (χ2v) is 5.03. The molecule has 2 rings (SSSR count). The van der Waals surface area contributed by atoms with E-state index >= 15 is 0 Å². The summed E-state index contributed by atoms with van der Waals surface area (Å²) in [6, 6.07) is 7.88. The van der Waals surface area contributed by atoms with Crippen LogP contribution in [0.5, 0.6) is 0 Å². The second-order valence-electron chi connectivity index (χ2n) is 5.03. The van der Waals surface area contributed by atoms with Crippen LogP contribution in [0.4, 0.5) is 17.6 Å². The van der Waals surface area contributed by atoms with Crippen molar-refractivity contribution in [1.82, 2.24) is 5.32 Å². The van der Waals surface area contributed by atoms with Gasteiger partial charge in [0.1, 0.15) is 6.61 Å². The summed E-state index contributed by atoms with van der Waals surface area (Å²) in [5, 5.41) is 3.35. The Bertz CT molecular complexity index is 418. The van der Waals surface area contributed by atoms with Gasteiger partial charge in [0.05, 0.1) is 6.61 Å². The molecule has 0 radical (unpaired) electrons. The van der Waals surface area contributed by atoms with Gasteiger partial charge in [-0.15, -0.1) is 0 Å². The molecule has 2 nitrogen and oxygen atoms in total. The molecule has 1 saturated carbocycles. The average Bonchev–Trinajstić information content (AvgIpc) is 3.21. The number of halogens is 4. The van der Waals surface area contributed by atoms with Crippen LogP contribution in [0.1, 0.15) is 24.0 Å². The van der Waals surface area contributed by atoms with Crippen molar-refractivity contribution in [1.29, 1.82) is 0 Å². The molecule has 6 heteroatoms. The molecule has 0 saturated heterocycles. The summed E-state index contributed by atoms with van der Waals surface area (Å²) in [4.78, 5) is 0. The molecule has 1 aliphatic rings. The maximum absolute atomic E-state index is 12.6. The first-order valence-electron chi connectivity index (χ1n) is 6.52. The predicted molar refractivity (Wildman–Crippen MR) is 66.9 cm³/mol. The third kappa shape index (κ3) is 4.76. The highest BCUT2D eigenvalue weighted by molar-refractivity contribution is 5.22. The van der Waals surface area contributed by atoms with Gasteiger partial charge in [0.25, 0.3) is 0 Å². The summed E-state index contributed by atoms with van der Waals surface area (Å²) in [6.07, 6.45) is -1.27. The van der Waals surface area contributed by atoms with Gasteiger partial charge >= 0.3 is 12.3 Å². The summed E-state index contributed by atoms with van der Waals surface area (Å²) in [5.41, 5.74) is 1.78. The van der Waals surface area contributed by atoms with E-state index in [9.17, 15) is 17.6 Å². The third-order valence-corrected chi connectivity index (χ3v) is 3.08. The molecule has 1 aromatic carbocycles. The number of hydrogen-bond donors (Lipinski definition) is 1. The molecule has 0 unspecified atom stereocenters. The highest BCUT2D eigenvalue weighted by atomic mass is 19.3. The van der Waals surface area contributed by atoms with Gasteiger partial charge in [-0.2, -0.15) is 8.78 Å². The van der Waals surface area contributed by atoms with E-state index in [-0.39, 0.29) is 6.61 Å². The van der Waals surface area contributed by atoms with E-state index < -0.39 is 19.0 Å². The van der Waals surface area contributed by atoms with Gasteiger partial charge in [-0.05, 0) is 24.0 Å². The molecule has 0 aromatic heterocycles. The molecule has 20 heavy (non-hydrogen) atoms. The van der Waals surface area contributed by atoms with Crippen LogP contribution in [0.3, 0.4) is 0 Å². The van der Waals surface area contributed by atoms with E-state index in [1.54, 1.807) is 12.1 Å². The van der Waals surface area contributed by atoms with Crippen LogP contribution in [0.25, 0.3) is 0 Å². The van der Waals surface area contributed by atoms with Gasteiger partial charge in [0, 0.05) is 12.6 Å². The lowest BCUT2D eigenvalue weighted by atomic mass is 10.1. The summed E-state index contributed by atoms with van der Waals surface area (Å²) < 4.78 is 53.7. The fourth-order valence-corrected chi connectivity index (χ4v) is 1.67. The van der Waals surface area contributed by atoms with Gasteiger partial charge in [0.15, 0.2) is 0 Å². The van der Waals surface area contributed by atoms with Crippen molar-refractivity contribution in [3.63, 3.8) is 0 Å². The number of alkyl halides is 4. The first-order chi connectivity index (χ1) is 9.47. The molecule has 1 aliphatic carbocycles. The van der Waals surface area contributed by atoms with E-state index in [1.807, 2.05) is 12.1 Å². The van der Waals surface area contributed by atoms with Gasteiger partial charge in [0.2, 0.25) is 0 Å². The van der Waals surface area contributed by atoms with E-state index in [1.165, 1.54) is 12.8 Å². The van der Waals surface area contributed by atoms with Crippen LogP contribution in [0.2, 0.25) is 0 Å². The quantitative estimate of drug-likeness (QED) is 0.742. The minimum atomic E-state index is -4.09. The molecule has 1 fully saturated rings. The highest BCUT2D eigenvalue weighted by Crippen LogP contribution is 2.23. The monoisotopic (exact) mass is 291 g/mol. The minimum Gasteiger partial charge on any atom is -0.370 e. The first-order valence-corrected chi connectivity index (χ1v) is 6.52. The molecule has 0 atom stereocenters. The lowest BCUT2D eigenvalue weighted by molar-refractivity contribution is -0.168. The molecule has 0 spiro atoms. The molecule has 1 N–H and O–H groups in total. The average molecular weight is 291 g/mol. The smallest absolute Gasteiger partial charge is 0.330 e. The van der Waals surface area contributed by atoms with Crippen LogP contribution >= 0.6 is 0 Å². The molecule has 0 heterocycles. The van der Waals surface area contributed by atoms with Crippen molar-refractivity contribution in [2.24, 2.45) is 0 Å². The zero-order valence-electron chi connectivity index (χ0n) is 10.9. The van der Waals surface area contributed by atoms with E-state index in [4.69, 9.17) is 0 Å². The Morgan fingerprint density at radius 2 is 1.75 bits per heavy atom. The summed E-state index contributed by atoms with van der Waals surface area (Å²) in [5.74, 6) is -4.09. The maximum atomic E-state index is 12.6. The van der Waals surface area contributed by atoms with Crippen molar-refractivity contribution in [2.45, 2.75) is 44.4 Å². The van der Waals surface area contributed by atoms with Gasteiger partial charge < -0.3 is 10.1 Å². The lowest BCUT2D eigenvalue weighted by Gasteiger charge is -2.15. The Labute approximate surface area is 115 Å². The Morgan fingerprint density at radius 3 is 2.30 bits per heavy atom. The van der Waals surface area contributed by atoms with Gasteiger partial charge in [-0.25, -0.2) is 8.78 Å². The van der Waals surface area contributed by atoms with E-state index in [0.717, 1.165) is 12.1 Å². The number of rotatable bonds is 8. The van der Waals surface area contributed by atoms with Crippen molar-refractivity contribution in [3.8, 4) is 0 Å². The number of benzene rings is 1. The Balaban J connectivity index is 1.72. The summed E-state index contributed by atoms with van der Waals surface area (Å²) in [7, 11) is 0. The zero-order chi connectivity index (χ0) is 14.6. The fraction of sp³-hybridized carbons (Fsp3) is 0.571. The Kier molecular flexibility index (Phi) is 4.99. The van der Waals surface area contributed by atoms with Crippen LogP contribution < -0.4 is 5.32 Å². The lowest BCUT2D eigenvalue weighted by Crippen LogP contribution is -2.32. The normalized spacial score (nSPS) is 15.8. The molecule has 1 aromatic rings. The maximum Gasteiger partial charge on any atom is 0.330 e. The van der Waals surface area contributed by atoms with Crippen molar-refractivity contribution < 1.29 is 22.3 Å². The molecular formula is C14H17F4NO. The van der Waals surface area contributed by atoms with Crippen molar-refractivity contribution >= 4 is 0 Å². The molecule has 0 aliphatic heterocycles. The molecule has 0 amide bonds. The second kappa shape index (κ2) is 6.54. The number of nitrogens with one attached hydrogen (secondary N) is 1. The van der Waals surface area contributed by atoms with Gasteiger partial charge in [-0.3, -0.25) is 0 Å². The number of hydrogen-bond acceptors (Lipinski definition) is 2. The largest absolute Gasteiger partial charge is 0.370 e. The van der Waals surface area contributed by atoms with Crippen LogP contribution in [-0.4, -0.2) is 25.0 Å². The predicted octanol–water partition coefficient (Wildman–Crippen LogP) is 3.36. The Hall–Kier alpha value is -1.14. The van der Waals surface area contributed by atoms with Gasteiger partial charge in [-0.1, -0.05) is 24.3 Å². The SMILES string of the molecule is FC(F)C(F)(F)COCc1ccc(CNC2CC2)cc1. The fourth-order valence-electron chi connectivity index (χ4n) is 1.67. The third-order valence-electron chi connectivity index (χ3n) is 3.08. The van der Waals surface area contributed by atoms with Crippen LogP contribution in [0, 0.1) is 0 Å². The van der Waals surface area contributed by atoms with Crippen molar-refractivity contribution in [2.75, 3.05) is 6.61 Å². The zero-order valence-corrected chi connectivity index (χ0v) is 10.9. The summed E-state index contributed by atoms with van der Waals surface area (Å²) >= 11 is 0. The molecular weight excluding hydrogens is 274 g/mol. The molecule has 0 bridgehead atoms. The van der Waals surface area contributed by atoms with Crippen LogP contribution in [-0.2, 0) is 17.9 Å². The Morgan fingerprint density at radius 1 is 1.15 bits per heavy atom.